The highest BCUT2D eigenvalue weighted by atomic mass is 19.4. The number of nitrogens with zero attached hydrogens (tertiary/aromatic N) is 2. The maximum absolute atomic E-state index is 12.7. The van der Waals surface area contributed by atoms with E-state index in [0.717, 1.165) is 18.2 Å². The molecule has 156 valence electrons. The van der Waals surface area contributed by atoms with Crippen LogP contribution in [0.5, 0.6) is 5.75 Å². The van der Waals surface area contributed by atoms with E-state index in [1.54, 1.807) is 36.4 Å². The molecule has 1 aromatic carbocycles. The summed E-state index contributed by atoms with van der Waals surface area (Å²) in [6.45, 7) is 0.137. The molecule has 0 unspecified atom stereocenters. The minimum atomic E-state index is -4.48. The van der Waals surface area contributed by atoms with E-state index >= 15 is 0 Å². The van der Waals surface area contributed by atoms with Gasteiger partial charge in [-0.05, 0) is 49.2 Å². The summed E-state index contributed by atoms with van der Waals surface area (Å²) in [6, 6.07) is 10.4. The number of benzene rings is 1. The van der Waals surface area contributed by atoms with E-state index in [2.05, 4.69) is 15.0 Å². The molecular weight excluding hydrogens is 399 g/mol. The molecule has 1 saturated carbocycles. The van der Waals surface area contributed by atoms with Crippen molar-refractivity contribution in [1.82, 2.24) is 15.0 Å². The Morgan fingerprint density at radius 1 is 1.07 bits per heavy atom. The predicted octanol–water partition coefficient (Wildman–Crippen LogP) is 4.79. The highest BCUT2D eigenvalue weighted by molar-refractivity contribution is 5.76. The van der Waals surface area contributed by atoms with E-state index in [1.165, 1.54) is 6.20 Å². The number of carbonyl (C=O) groups is 1. The van der Waals surface area contributed by atoms with Gasteiger partial charge in [0.2, 0.25) is 0 Å². The number of aromatic nitrogens is 3. The summed E-state index contributed by atoms with van der Waals surface area (Å²) in [4.78, 5) is 21.7. The Hall–Kier alpha value is -3.36. The van der Waals surface area contributed by atoms with Crippen LogP contribution < -0.4 is 4.74 Å². The third kappa shape index (κ3) is 3.87. The topological polar surface area (TPSA) is 88.1 Å². The minimum absolute atomic E-state index is 0.0912. The van der Waals surface area contributed by atoms with Crippen molar-refractivity contribution in [2.45, 2.75) is 25.4 Å². The Kier molecular flexibility index (Phi) is 4.97. The third-order valence-corrected chi connectivity index (χ3v) is 5.35. The van der Waals surface area contributed by atoms with E-state index in [1.807, 2.05) is 0 Å². The van der Waals surface area contributed by atoms with Gasteiger partial charge in [-0.2, -0.15) is 13.2 Å². The number of ether oxygens (including phenoxy) is 1. The van der Waals surface area contributed by atoms with Crippen molar-refractivity contribution < 1.29 is 27.8 Å². The van der Waals surface area contributed by atoms with Crippen LogP contribution in [-0.2, 0) is 11.0 Å². The number of pyridine rings is 1. The molecule has 0 radical (unpaired) electrons. The van der Waals surface area contributed by atoms with E-state index in [9.17, 15) is 23.1 Å². The molecule has 1 aliphatic carbocycles. The third-order valence-electron chi connectivity index (χ3n) is 5.35. The molecule has 6 nitrogen and oxygen atoms in total. The normalized spacial score (nSPS) is 15.4. The molecule has 2 N–H and O–H groups in total. The van der Waals surface area contributed by atoms with Crippen molar-refractivity contribution in [1.29, 1.82) is 0 Å². The number of carboxylic acids is 1. The van der Waals surface area contributed by atoms with Gasteiger partial charge < -0.3 is 14.8 Å². The van der Waals surface area contributed by atoms with Crippen LogP contribution in [0.1, 0.15) is 25.0 Å². The first kappa shape index (κ1) is 19.9. The van der Waals surface area contributed by atoms with Gasteiger partial charge in [0.1, 0.15) is 29.3 Å². The van der Waals surface area contributed by atoms with Crippen molar-refractivity contribution in [3.8, 4) is 28.4 Å². The predicted molar refractivity (Wildman–Crippen MR) is 102 cm³/mol. The first-order valence-corrected chi connectivity index (χ1v) is 9.32. The van der Waals surface area contributed by atoms with Crippen LogP contribution in [0.4, 0.5) is 13.2 Å². The number of carboxylic acid groups (broad SMARTS) is 1. The Bertz CT molecular complexity index is 1040. The number of alkyl halides is 3. The van der Waals surface area contributed by atoms with Gasteiger partial charge in [0.05, 0.1) is 11.9 Å². The van der Waals surface area contributed by atoms with Gasteiger partial charge in [-0.15, -0.1) is 0 Å². The second kappa shape index (κ2) is 7.47. The van der Waals surface area contributed by atoms with Crippen molar-refractivity contribution in [3.05, 3.63) is 54.5 Å². The van der Waals surface area contributed by atoms with Crippen molar-refractivity contribution in [3.63, 3.8) is 0 Å². The van der Waals surface area contributed by atoms with Crippen LogP contribution in [0.15, 0.2) is 48.8 Å². The van der Waals surface area contributed by atoms with E-state index < -0.39 is 23.3 Å². The maximum atomic E-state index is 12.7. The number of aliphatic carboxylic acids is 1. The van der Waals surface area contributed by atoms with Crippen LogP contribution in [0.25, 0.3) is 22.6 Å². The lowest BCUT2D eigenvalue weighted by Gasteiger charge is -2.37. The highest BCUT2D eigenvalue weighted by Crippen LogP contribution is 2.41. The SMILES string of the molecule is O=C(O)C1(COc2ccc(-c3ccc(-c4ncc(C(F)(F)F)[nH]4)cn3)cc2)CCC1. The fourth-order valence-corrected chi connectivity index (χ4v) is 3.28. The average Bonchev–Trinajstić information content (AvgIpc) is 3.18. The molecule has 4 rings (SSSR count). The summed E-state index contributed by atoms with van der Waals surface area (Å²) >= 11 is 0. The number of rotatable bonds is 6. The molecule has 0 aliphatic heterocycles. The Balaban J connectivity index is 1.43. The summed E-state index contributed by atoms with van der Waals surface area (Å²) in [7, 11) is 0. The fourth-order valence-electron chi connectivity index (χ4n) is 3.28. The standard InChI is InChI=1S/C21H18F3N3O3/c22-21(23,24)17-11-26-18(27-17)14-4-7-16(25-10-14)13-2-5-15(6-3-13)30-12-20(19(28)29)8-1-9-20/h2-7,10-11H,1,8-9,12H2,(H,26,27)(H,28,29). The minimum Gasteiger partial charge on any atom is -0.492 e. The zero-order valence-corrected chi connectivity index (χ0v) is 15.7. The van der Waals surface area contributed by atoms with E-state index in [4.69, 9.17) is 4.74 Å². The van der Waals surface area contributed by atoms with Gasteiger partial charge in [0.15, 0.2) is 0 Å². The molecule has 0 bridgehead atoms. The summed E-state index contributed by atoms with van der Waals surface area (Å²) in [5, 5.41) is 9.35. The number of halogens is 3. The first-order chi connectivity index (χ1) is 14.3. The van der Waals surface area contributed by atoms with Gasteiger partial charge in [-0.25, -0.2) is 4.98 Å². The van der Waals surface area contributed by atoms with Crippen molar-refractivity contribution in [2.24, 2.45) is 5.41 Å². The van der Waals surface area contributed by atoms with Crippen LogP contribution in [0, 0.1) is 5.41 Å². The number of imidazole rings is 1. The number of hydrogen-bond donors (Lipinski definition) is 2. The van der Waals surface area contributed by atoms with Crippen LogP contribution in [-0.4, -0.2) is 32.6 Å². The van der Waals surface area contributed by atoms with Crippen LogP contribution >= 0.6 is 0 Å². The summed E-state index contributed by atoms with van der Waals surface area (Å²) in [5.41, 5.74) is 0.167. The Morgan fingerprint density at radius 2 is 1.77 bits per heavy atom. The van der Waals surface area contributed by atoms with Gasteiger partial charge in [0.25, 0.3) is 0 Å². The zero-order valence-electron chi connectivity index (χ0n) is 15.7. The number of H-pyrrole nitrogens is 1. The van der Waals surface area contributed by atoms with Crippen LogP contribution in [0.3, 0.4) is 0 Å². The molecule has 0 atom stereocenters. The van der Waals surface area contributed by atoms with Crippen molar-refractivity contribution >= 4 is 5.97 Å². The Morgan fingerprint density at radius 3 is 2.27 bits per heavy atom. The molecule has 3 aromatic rings. The summed E-state index contributed by atoms with van der Waals surface area (Å²) in [6.07, 6.45) is -0.142. The van der Waals surface area contributed by atoms with E-state index in [0.29, 0.717) is 29.8 Å². The molecular formula is C21H18F3N3O3. The molecule has 0 amide bonds. The largest absolute Gasteiger partial charge is 0.492 e. The smallest absolute Gasteiger partial charge is 0.432 e. The molecule has 30 heavy (non-hydrogen) atoms. The lowest BCUT2D eigenvalue weighted by molar-refractivity contribution is -0.157. The molecule has 2 aromatic heterocycles. The molecule has 1 aliphatic rings. The fraction of sp³-hybridized carbons (Fsp3) is 0.286. The van der Waals surface area contributed by atoms with Gasteiger partial charge >= 0.3 is 12.1 Å². The Labute approximate surface area is 169 Å². The number of hydrogen-bond acceptors (Lipinski definition) is 4. The molecule has 1 fully saturated rings. The van der Waals surface area contributed by atoms with Gasteiger partial charge in [0, 0.05) is 17.3 Å². The quantitative estimate of drug-likeness (QED) is 0.602. The van der Waals surface area contributed by atoms with E-state index in [-0.39, 0.29) is 12.4 Å². The lowest BCUT2D eigenvalue weighted by atomic mass is 9.69. The average molecular weight is 417 g/mol. The van der Waals surface area contributed by atoms with Gasteiger partial charge in [-0.1, -0.05) is 6.42 Å². The molecule has 0 spiro atoms. The summed E-state index contributed by atoms with van der Waals surface area (Å²) in [5.74, 6) is -0.166. The monoisotopic (exact) mass is 417 g/mol. The number of nitrogens with one attached hydrogen (secondary N) is 1. The van der Waals surface area contributed by atoms with Crippen LogP contribution in [0.2, 0.25) is 0 Å². The van der Waals surface area contributed by atoms with Crippen molar-refractivity contribution in [2.75, 3.05) is 6.61 Å². The number of aromatic amines is 1. The highest BCUT2D eigenvalue weighted by Gasteiger charge is 2.45. The first-order valence-electron chi connectivity index (χ1n) is 9.32. The molecule has 0 saturated heterocycles. The second-order valence-corrected chi connectivity index (χ2v) is 7.33. The molecule has 9 heteroatoms. The van der Waals surface area contributed by atoms with Gasteiger partial charge in [-0.3, -0.25) is 9.78 Å². The molecule has 2 heterocycles. The second-order valence-electron chi connectivity index (χ2n) is 7.33. The zero-order chi connectivity index (χ0) is 21.4. The lowest BCUT2D eigenvalue weighted by Crippen LogP contribution is -2.43. The summed E-state index contributed by atoms with van der Waals surface area (Å²) < 4.78 is 43.7. The maximum Gasteiger partial charge on any atom is 0.432 e.